The van der Waals surface area contributed by atoms with Gasteiger partial charge in [0, 0.05) is 32.4 Å². The summed E-state index contributed by atoms with van der Waals surface area (Å²) in [5.41, 5.74) is 1.71. The summed E-state index contributed by atoms with van der Waals surface area (Å²) in [7, 11) is 1.66. The van der Waals surface area contributed by atoms with Crippen molar-refractivity contribution in [2.24, 2.45) is 5.92 Å². The molecular formula is C20H25ClN2O4. The second-order valence-corrected chi connectivity index (χ2v) is 7.15. The molecule has 1 fully saturated rings. The Morgan fingerprint density at radius 1 is 1.30 bits per heavy atom. The highest BCUT2D eigenvalue weighted by Gasteiger charge is 2.29. The fourth-order valence-electron chi connectivity index (χ4n) is 3.31. The summed E-state index contributed by atoms with van der Waals surface area (Å²) in [6.45, 7) is 5.08. The van der Waals surface area contributed by atoms with E-state index in [1.807, 2.05) is 23.1 Å². The number of amides is 1. The van der Waals surface area contributed by atoms with Crippen molar-refractivity contribution >= 4 is 17.5 Å². The van der Waals surface area contributed by atoms with Gasteiger partial charge in [-0.25, -0.2) is 0 Å². The Labute approximate surface area is 164 Å². The lowest BCUT2D eigenvalue weighted by Crippen LogP contribution is -2.39. The molecule has 0 atom stereocenters. The quantitative estimate of drug-likeness (QED) is 0.670. The van der Waals surface area contributed by atoms with Crippen LogP contribution in [-0.2, 0) is 9.47 Å². The highest BCUT2D eigenvalue weighted by atomic mass is 35.5. The highest BCUT2D eigenvalue weighted by Crippen LogP contribution is 2.32. The van der Waals surface area contributed by atoms with Gasteiger partial charge in [-0.3, -0.25) is 4.79 Å². The maximum atomic E-state index is 13.1. The average molecular weight is 393 g/mol. The molecule has 0 spiro atoms. The molecule has 0 bridgehead atoms. The maximum Gasteiger partial charge on any atom is 0.259 e. The average Bonchev–Trinajstić information content (AvgIpc) is 3.07. The van der Waals surface area contributed by atoms with Gasteiger partial charge in [-0.1, -0.05) is 35.0 Å². The van der Waals surface area contributed by atoms with Crippen LogP contribution in [0.4, 0.5) is 0 Å². The van der Waals surface area contributed by atoms with Crippen LogP contribution in [0.15, 0.2) is 28.8 Å². The zero-order valence-electron chi connectivity index (χ0n) is 15.7. The summed E-state index contributed by atoms with van der Waals surface area (Å²) in [5.74, 6) is 0.930. The van der Waals surface area contributed by atoms with Crippen LogP contribution in [0.5, 0.6) is 0 Å². The van der Waals surface area contributed by atoms with Gasteiger partial charge in [0.15, 0.2) is 0 Å². The van der Waals surface area contributed by atoms with E-state index in [4.69, 9.17) is 25.6 Å². The molecular weight excluding hydrogens is 368 g/mol. The topological polar surface area (TPSA) is 64.8 Å². The van der Waals surface area contributed by atoms with Gasteiger partial charge in [0.05, 0.1) is 18.2 Å². The number of rotatable bonds is 7. The van der Waals surface area contributed by atoms with Crippen LogP contribution in [0.2, 0.25) is 5.02 Å². The van der Waals surface area contributed by atoms with Crippen molar-refractivity contribution in [2.45, 2.75) is 19.8 Å². The zero-order valence-corrected chi connectivity index (χ0v) is 16.5. The van der Waals surface area contributed by atoms with Gasteiger partial charge in [-0.2, -0.15) is 0 Å². The smallest absolute Gasteiger partial charge is 0.259 e. The number of hydrogen-bond acceptors (Lipinski definition) is 5. The van der Waals surface area contributed by atoms with Gasteiger partial charge in [0.1, 0.15) is 17.0 Å². The van der Waals surface area contributed by atoms with Crippen LogP contribution < -0.4 is 0 Å². The molecule has 0 aliphatic carbocycles. The molecule has 0 saturated carbocycles. The molecule has 1 amide bonds. The fraction of sp³-hybridized carbons (Fsp3) is 0.500. The Morgan fingerprint density at radius 3 is 2.74 bits per heavy atom. The predicted octanol–water partition coefficient (Wildman–Crippen LogP) is 3.82. The van der Waals surface area contributed by atoms with Crippen LogP contribution in [0, 0.1) is 12.8 Å². The van der Waals surface area contributed by atoms with Gasteiger partial charge in [-0.15, -0.1) is 0 Å². The Balaban J connectivity index is 1.66. The third-order valence-corrected chi connectivity index (χ3v) is 5.22. The Bertz CT molecular complexity index is 769. The van der Waals surface area contributed by atoms with E-state index in [-0.39, 0.29) is 5.91 Å². The number of nitrogens with zero attached hydrogens (tertiary/aromatic N) is 2. The number of hydrogen-bond donors (Lipinski definition) is 0. The number of likely N-dealkylation sites (tertiary alicyclic amines) is 1. The minimum Gasteiger partial charge on any atom is -0.382 e. The largest absolute Gasteiger partial charge is 0.382 e. The summed E-state index contributed by atoms with van der Waals surface area (Å²) in [6.07, 6.45) is 1.84. The standard InChI is InChI=1S/C20H25ClN2O4/c1-14-18(19(22-27-14)16-5-3-4-6-17(16)21)20(24)23-9-7-15(8-10-23)13-26-12-11-25-2/h3-6,15H,7-13H2,1-2H3. The van der Waals surface area contributed by atoms with Crippen LogP contribution in [0.3, 0.4) is 0 Å². The normalized spacial score (nSPS) is 15.3. The SMILES string of the molecule is COCCOCC1CCN(C(=O)c2c(-c3ccccc3Cl)noc2C)CC1. The second kappa shape index (κ2) is 9.35. The van der Waals surface area contributed by atoms with Gasteiger partial charge in [0.25, 0.3) is 5.91 Å². The van der Waals surface area contributed by atoms with Crippen molar-refractivity contribution in [3.05, 3.63) is 40.6 Å². The van der Waals surface area contributed by atoms with Crippen molar-refractivity contribution < 1.29 is 18.8 Å². The monoisotopic (exact) mass is 392 g/mol. The molecule has 7 heteroatoms. The lowest BCUT2D eigenvalue weighted by molar-refractivity contribution is 0.0327. The minimum absolute atomic E-state index is 0.0533. The summed E-state index contributed by atoms with van der Waals surface area (Å²) in [5, 5.41) is 4.64. The first kappa shape index (κ1) is 19.9. The van der Waals surface area contributed by atoms with Crippen LogP contribution in [-0.4, -0.2) is 56.0 Å². The number of carbonyl (C=O) groups is 1. The van der Waals surface area contributed by atoms with Gasteiger partial charge < -0.3 is 18.9 Å². The molecule has 3 rings (SSSR count). The lowest BCUT2D eigenvalue weighted by atomic mass is 9.96. The number of aromatic nitrogens is 1. The van der Waals surface area contributed by atoms with Crippen molar-refractivity contribution in [1.82, 2.24) is 10.1 Å². The molecule has 1 aromatic carbocycles. The minimum atomic E-state index is -0.0533. The molecule has 1 saturated heterocycles. The third kappa shape index (κ3) is 4.69. The number of piperidine rings is 1. The van der Waals surface area contributed by atoms with E-state index < -0.39 is 0 Å². The Kier molecular flexibility index (Phi) is 6.88. The number of halogens is 1. The van der Waals surface area contributed by atoms with E-state index in [9.17, 15) is 4.79 Å². The van der Waals surface area contributed by atoms with Crippen LogP contribution >= 0.6 is 11.6 Å². The number of ether oxygens (including phenoxy) is 2. The third-order valence-electron chi connectivity index (χ3n) is 4.89. The molecule has 2 heterocycles. The molecule has 27 heavy (non-hydrogen) atoms. The first-order valence-corrected chi connectivity index (χ1v) is 9.56. The molecule has 1 aliphatic rings. The van der Waals surface area contributed by atoms with E-state index in [1.165, 1.54) is 0 Å². The summed E-state index contributed by atoms with van der Waals surface area (Å²) in [4.78, 5) is 15.0. The number of aryl methyl sites for hydroxylation is 1. The molecule has 0 unspecified atom stereocenters. The van der Waals surface area contributed by atoms with E-state index in [0.717, 1.165) is 12.8 Å². The summed E-state index contributed by atoms with van der Waals surface area (Å²) >= 11 is 6.29. The molecule has 1 aliphatic heterocycles. The predicted molar refractivity (Wildman–Crippen MR) is 103 cm³/mol. The zero-order chi connectivity index (χ0) is 19.2. The van der Waals surface area contributed by atoms with Gasteiger partial charge in [0.2, 0.25) is 0 Å². The molecule has 6 nitrogen and oxygen atoms in total. The fourth-order valence-corrected chi connectivity index (χ4v) is 3.54. The molecule has 2 aromatic rings. The molecule has 0 N–H and O–H groups in total. The number of benzene rings is 1. The molecule has 1 aromatic heterocycles. The number of methoxy groups -OCH3 is 1. The van der Waals surface area contributed by atoms with Crippen molar-refractivity contribution in [3.63, 3.8) is 0 Å². The maximum absolute atomic E-state index is 13.1. The summed E-state index contributed by atoms with van der Waals surface area (Å²) in [6, 6.07) is 7.35. The van der Waals surface area contributed by atoms with Crippen molar-refractivity contribution in [2.75, 3.05) is 40.0 Å². The first-order chi connectivity index (χ1) is 13.1. The Morgan fingerprint density at radius 2 is 2.04 bits per heavy atom. The summed E-state index contributed by atoms with van der Waals surface area (Å²) < 4.78 is 15.9. The van der Waals surface area contributed by atoms with E-state index in [2.05, 4.69) is 5.16 Å². The van der Waals surface area contributed by atoms with E-state index in [1.54, 1.807) is 20.1 Å². The lowest BCUT2D eigenvalue weighted by Gasteiger charge is -2.32. The van der Waals surface area contributed by atoms with Crippen LogP contribution in [0.25, 0.3) is 11.3 Å². The van der Waals surface area contributed by atoms with Crippen molar-refractivity contribution in [1.29, 1.82) is 0 Å². The molecule has 146 valence electrons. The van der Waals surface area contributed by atoms with Crippen molar-refractivity contribution in [3.8, 4) is 11.3 Å². The molecule has 0 radical (unpaired) electrons. The van der Waals surface area contributed by atoms with E-state index in [0.29, 0.717) is 66.4 Å². The first-order valence-electron chi connectivity index (χ1n) is 9.19. The number of carbonyl (C=O) groups excluding carboxylic acids is 1. The Hall–Kier alpha value is -1.89. The van der Waals surface area contributed by atoms with Gasteiger partial charge >= 0.3 is 0 Å². The van der Waals surface area contributed by atoms with Gasteiger partial charge in [-0.05, 0) is 31.7 Å². The van der Waals surface area contributed by atoms with Crippen LogP contribution in [0.1, 0.15) is 29.0 Å². The van der Waals surface area contributed by atoms with E-state index >= 15 is 0 Å². The highest BCUT2D eigenvalue weighted by molar-refractivity contribution is 6.33. The second-order valence-electron chi connectivity index (χ2n) is 6.75.